The molecule has 4 nitrogen and oxygen atoms in total. The van der Waals surface area contributed by atoms with Crippen LogP contribution in [0, 0.1) is 5.92 Å². The van der Waals surface area contributed by atoms with Crippen LogP contribution in [0.25, 0.3) is 0 Å². The largest absolute Gasteiger partial charge is 0.302 e. The molecule has 1 heterocycles. The van der Waals surface area contributed by atoms with E-state index in [-0.39, 0.29) is 11.8 Å². The van der Waals surface area contributed by atoms with Gasteiger partial charge in [0.2, 0.25) is 10.0 Å². The lowest BCUT2D eigenvalue weighted by molar-refractivity contribution is 0.344. The van der Waals surface area contributed by atoms with Crippen LogP contribution in [0.2, 0.25) is 0 Å². The van der Waals surface area contributed by atoms with Crippen LogP contribution >= 0.6 is 0 Å². The zero-order valence-electron chi connectivity index (χ0n) is 12.2. The standard InChI is InChI=1S/C15H24N2O2S/c1-3-17-11-13(2)15(12-17)16-20(18,19)10-9-14-7-5-4-6-8-14/h4-8,13,15-16H,3,9-12H2,1-2H3/t13-,15+/m0/s1. The van der Waals surface area contributed by atoms with Crippen molar-refractivity contribution in [2.75, 3.05) is 25.4 Å². The molecule has 20 heavy (non-hydrogen) atoms. The fourth-order valence-electron chi connectivity index (χ4n) is 2.67. The zero-order chi connectivity index (χ0) is 14.6. The van der Waals surface area contributed by atoms with E-state index in [2.05, 4.69) is 23.5 Å². The first-order valence-electron chi connectivity index (χ1n) is 7.26. The molecule has 0 bridgehead atoms. The maximum Gasteiger partial charge on any atom is 0.212 e. The molecule has 0 aliphatic carbocycles. The van der Waals surface area contributed by atoms with E-state index in [1.807, 2.05) is 30.3 Å². The lowest BCUT2D eigenvalue weighted by Crippen LogP contribution is -2.41. The monoisotopic (exact) mass is 296 g/mol. The Morgan fingerprint density at radius 1 is 1.25 bits per heavy atom. The van der Waals surface area contributed by atoms with E-state index in [9.17, 15) is 8.42 Å². The minimum Gasteiger partial charge on any atom is -0.302 e. The first kappa shape index (κ1) is 15.5. The fraction of sp³-hybridized carbons (Fsp3) is 0.600. The Balaban J connectivity index is 1.88. The molecule has 2 atom stereocenters. The van der Waals surface area contributed by atoms with Gasteiger partial charge in [-0.15, -0.1) is 0 Å². The van der Waals surface area contributed by atoms with Gasteiger partial charge in [-0.3, -0.25) is 0 Å². The molecule has 0 unspecified atom stereocenters. The average molecular weight is 296 g/mol. The first-order valence-corrected chi connectivity index (χ1v) is 8.91. The maximum atomic E-state index is 12.2. The highest BCUT2D eigenvalue weighted by Crippen LogP contribution is 2.16. The highest BCUT2D eigenvalue weighted by molar-refractivity contribution is 7.89. The Morgan fingerprint density at radius 2 is 1.95 bits per heavy atom. The third-order valence-electron chi connectivity index (χ3n) is 3.97. The second-order valence-corrected chi connectivity index (χ2v) is 7.48. The van der Waals surface area contributed by atoms with Gasteiger partial charge >= 0.3 is 0 Å². The molecule has 0 radical (unpaired) electrons. The van der Waals surface area contributed by atoms with Gasteiger partial charge in [-0.1, -0.05) is 44.2 Å². The van der Waals surface area contributed by atoms with Gasteiger partial charge in [0, 0.05) is 19.1 Å². The van der Waals surface area contributed by atoms with Crippen molar-refractivity contribution in [3.8, 4) is 0 Å². The van der Waals surface area contributed by atoms with Gasteiger partial charge in [0.25, 0.3) is 0 Å². The summed E-state index contributed by atoms with van der Waals surface area (Å²) in [7, 11) is -3.20. The van der Waals surface area contributed by atoms with E-state index >= 15 is 0 Å². The quantitative estimate of drug-likeness (QED) is 0.865. The van der Waals surface area contributed by atoms with Crippen LogP contribution in [0.1, 0.15) is 19.4 Å². The van der Waals surface area contributed by atoms with Crippen molar-refractivity contribution in [3.05, 3.63) is 35.9 Å². The molecule has 112 valence electrons. The Morgan fingerprint density at radius 3 is 2.55 bits per heavy atom. The van der Waals surface area contributed by atoms with E-state index in [4.69, 9.17) is 0 Å². The van der Waals surface area contributed by atoms with Crippen molar-refractivity contribution in [3.63, 3.8) is 0 Å². The zero-order valence-corrected chi connectivity index (χ0v) is 13.1. The number of hydrogen-bond donors (Lipinski definition) is 1. The van der Waals surface area contributed by atoms with Gasteiger partial charge in [-0.05, 0) is 24.4 Å². The molecule has 1 aromatic rings. The summed E-state index contributed by atoms with van der Waals surface area (Å²) in [5.41, 5.74) is 1.06. The summed E-state index contributed by atoms with van der Waals surface area (Å²) in [5.74, 6) is 0.535. The number of hydrogen-bond acceptors (Lipinski definition) is 3. The third-order valence-corrected chi connectivity index (χ3v) is 5.37. The lowest BCUT2D eigenvalue weighted by Gasteiger charge is -2.16. The molecule has 0 saturated carbocycles. The van der Waals surface area contributed by atoms with E-state index in [0.29, 0.717) is 12.3 Å². The molecule has 1 aliphatic rings. The first-order chi connectivity index (χ1) is 9.50. The van der Waals surface area contributed by atoms with Crippen LogP contribution in [0.5, 0.6) is 0 Å². The van der Waals surface area contributed by atoms with Crippen LogP contribution in [-0.4, -0.2) is 44.7 Å². The average Bonchev–Trinajstić information content (AvgIpc) is 2.78. The Bertz CT molecular complexity index is 516. The highest BCUT2D eigenvalue weighted by atomic mass is 32.2. The number of nitrogens with zero attached hydrogens (tertiary/aromatic N) is 1. The minimum absolute atomic E-state index is 0.0516. The second-order valence-electron chi connectivity index (χ2n) is 5.61. The van der Waals surface area contributed by atoms with Crippen molar-refractivity contribution >= 4 is 10.0 Å². The molecular formula is C15H24N2O2S. The van der Waals surface area contributed by atoms with Crippen molar-refractivity contribution < 1.29 is 8.42 Å². The van der Waals surface area contributed by atoms with Crippen LogP contribution in [0.4, 0.5) is 0 Å². The minimum atomic E-state index is -3.20. The predicted octanol–water partition coefficient (Wildman–Crippen LogP) is 1.49. The van der Waals surface area contributed by atoms with Crippen LogP contribution < -0.4 is 4.72 Å². The molecule has 0 aromatic heterocycles. The summed E-state index contributed by atoms with van der Waals surface area (Å²) in [6.45, 7) is 7.00. The highest BCUT2D eigenvalue weighted by Gasteiger charge is 2.31. The van der Waals surface area contributed by atoms with Crippen LogP contribution in [0.15, 0.2) is 30.3 Å². The van der Waals surface area contributed by atoms with Crippen molar-refractivity contribution in [2.45, 2.75) is 26.3 Å². The summed E-state index contributed by atoms with van der Waals surface area (Å²) >= 11 is 0. The molecule has 1 N–H and O–H groups in total. The number of likely N-dealkylation sites (tertiary alicyclic amines) is 1. The number of sulfonamides is 1. The number of aryl methyl sites for hydroxylation is 1. The van der Waals surface area contributed by atoms with E-state index in [1.165, 1.54) is 0 Å². The van der Waals surface area contributed by atoms with Gasteiger partial charge in [0.15, 0.2) is 0 Å². The fourth-order valence-corrected chi connectivity index (χ4v) is 4.06. The molecule has 5 heteroatoms. The summed E-state index contributed by atoms with van der Waals surface area (Å²) in [4.78, 5) is 2.29. The topological polar surface area (TPSA) is 49.4 Å². The smallest absolute Gasteiger partial charge is 0.212 e. The van der Waals surface area contributed by atoms with E-state index in [0.717, 1.165) is 25.2 Å². The molecule has 2 rings (SSSR count). The van der Waals surface area contributed by atoms with E-state index < -0.39 is 10.0 Å². The summed E-state index contributed by atoms with van der Waals surface area (Å²) in [6.07, 6.45) is 0.564. The van der Waals surface area contributed by atoms with Crippen LogP contribution in [0.3, 0.4) is 0 Å². The Kier molecular flexibility index (Phi) is 5.18. The molecule has 0 spiro atoms. The van der Waals surface area contributed by atoms with Crippen molar-refractivity contribution in [1.82, 2.24) is 9.62 Å². The Hall–Kier alpha value is -0.910. The van der Waals surface area contributed by atoms with Crippen molar-refractivity contribution in [1.29, 1.82) is 0 Å². The summed E-state index contributed by atoms with van der Waals surface area (Å²) in [6, 6.07) is 9.80. The molecule has 1 fully saturated rings. The number of likely N-dealkylation sites (N-methyl/N-ethyl adjacent to an activating group) is 1. The second kappa shape index (κ2) is 6.70. The molecular weight excluding hydrogens is 272 g/mol. The third kappa shape index (κ3) is 4.30. The van der Waals surface area contributed by atoms with Gasteiger partial charge < -0.3 is 4.90 Å². The molecule has 1 saturated heterocycles. The SMILES string of the molecule is CCN1C[C@H](C)[C@H](NS(=O)(=O)CCc2ccccc2)C1. The van der Waals surface area contributed by atoms with Gasteiger partial charge in [0.05, 0.1) is 5.75 Å². The van der Waals surface area contributed by atoms with E-state index in [1.54, 1.807) is 0 Å². The number of benzene rings is 1. The van der Waals surface area contributed by atoms with Gasteiger partial charge in [0.1, 0.15) is 0 Å². The van der Waals surface area contributed by atoms with Gasteiger partial charge in [-0.25, -0.2) is 13.1 Å². The predicted molar refractivity (Wildman–Crippen MR) is 82.1 cm³/mol. The maximum absolute atomic E-state index is 12.2. The van der Waals surface area contributed by atoms with Gasteiger partial charge in [-0.2, -0.15) is 0 Å². The molecule has 1 aliphatic heterocycles. The lowest BCUT2D eigenvalue weighted by atomic mass is 10.1. The molecule has 0 amide bonds. The summed E-state index contributed by atoms with van der Waals surface area (Å²) < 4.78 is 27.2. The number of nitrogens with one attached hydrogen (secondary N) is 1. The summed E-state index contributed by atoms with van der Waals surface area (Å²) in [5, 5.41) is 0. The normalized spacial score (nSPS) is 24.1. The molecule has 1 aromatic carbocycles. The van der Waals surface area contributed by atoms with Crippen LogP contribution in [-0.2, 0) is 16.4 Å². The van der Waals surface area contributed by atoms with Crippen molar-refractivity contribution in [2.24, 2.45) is 5.92 Å². The number of rotatable bonds is 6. The Labute approximate surface area is 122 Å².